The molecule has 1 aliphatic rings. The minimum atomic E-state index is -1.15. The largest absolute Gasteiger partial charge is 0.476 e. The molecule has 7 heteroatoms. The van der Waals surface area contributed by atoms with Crippen LogP contribution in [-0.4, -0.2) is 39.3 Å². The van der Waals surface area contributed by atoms with Gasteiger partial charge in [-0.05, 0) is 12.8 Å². The monoisotopic (exact) mass is 231 g/mol. The van der Waals surface area contributed by atoms with Crippen molar-refractivity contribution in [3.05, 3.63) is 10.8 Å². The van der Waals surface area contributed by atoms with E-state index in [0.717, 1.165) is 12.8 Å². The number of aromatic nitrogens is 3. The Hall–Kier alpha value is -1.14. The van der Waals surface area contributed by atoms with Crippen LogP contribution in [0, 0.1) is 0 Å². The first kappa shape index (κ1) is 10.4. The number of hydrogen-bond acceptors (Lipinski definition) is 4. The zero-order chi connectivity index (χ0) is 10.8. The highest BCUT2D eigenvalue weighted by Crippen LogP contribution is 2.25. The van der Waals surface area contributed by atoms with Crippen molar-refractivity contribution in [2.24, 2.45) is 0 Å². The summed E-state index contributed by atoms with van der Waals surface area (Å²) in [6.45, 7) is 1.28. The van der Waals surface area contributed by atoms with E-state index in [9.17, 15) is 4.79 Å². The lowest BCUT2D eigenvalue weighted by Crippen LogP contribution is -2.20. The van der Waals surface area contributed by atoms with Crippen LogP contribution < -0.4 is 0 Å². The molecule has 1 aliphatic heterocycles. The van der Waals surface area contributed by atoms with Gasteiger partial charge in [0.05, 0.1) is 6.04 Å². The first-order chi connectivity index (χ1) is 7.20. The molecule has 2 heterocycles. The molecule has 1 aromatic rings. The minimum absolute atomic E-state index is 0.0897. The molecule has 0 aromatic carbocycles. The van der Waals surface area contributed by atoms with Crippen LogP contribution in [0.2, 0.25) is 5.15 Å². The van der Waals surface area contributed by atoms with Gasteiger partial charge in [-0.15, -0.1) is 5.10 Å². The molecule has 0 amide bonds. The van der Waals surface area contributed by atoms with E-state index in [1.807, 2.05) is 0 Å². The van der Waals surface area contributed by atoms with Gasteiger partial charge in [-0.25, -0.2) is 9.48 Å². The second kappa shape index (κ2) is 4.16. The SMILES string of the molecule is O=C(O)c1nnn(C2CCOCC2)c1Cl. The summed E-state index contributed by atoms with van der Waals surface area (Å²) in [6, 6.07) is 0.0897. The first-order valence-corrected chi connectivity index (χ1v) is 4.99. The van der Waals surface area contributed by atoms with Crippen molar-refractivity contribution in [2.75, 3.05) is 13.2 Å². The zero-order valence-electron chi connectivity index (χ0n) is 7.89. The Morgan fingerprint density at radius 1 is 1.53 bits per heavy atom. The van der Waals surface area contributed by atoms with E-state index >= 15 is 0 Å². The molecule has 1 fully saturated rings. The molecule has 82 valence electrons. The molecule has 0 unspecified atom stereocenters. The van der Waals surface area contributed by atoms with Crippen LogP contribution in [0.15, 0.2) is 0 Å². The Bertz CT molecular complexity index is 373. The van der Waals surface area contributed by atoms with Crippen molar-refractivity contribution >= 4 is 17.6 Å². The van der Waals surface area contributed by atoms with Crippen LogP contribution in [-0.2, 0) is 4.74 Å². The van der Waals surface area contributed by atoms with Crippen molar-refractivity contribution in [1.82, 2.24) is 15.0 Å². The number of carboxylic acid groups (broad SMARTS) is 1. The van der Waals surface area contributed by atoms with E-state index in [1.165, 1.54) is 4.68 Å². The summed E-state index contributed by atoms with van der Waals surface area (Å²) in [5.41, 5.74) is -0.192. The van der Waals surface area contributed by atoms with Crippen molar-refractivity contribution in [3.63, 3.8) is 0 Å². The van der Waals surface area contributed by atoms with Gasteiger partial charge in [0.25, 0.3) is 0 Å². The fourth-order valence-corrected chi connectivity index (χ4v) is 1.87. The number of aromatic carboxylic acids is 1. The molecule has 0 atom stereocenters. The van der Waals surface area contributed by atoms with Crippen molar-refractivity contribution in [3.8, 4) is 0 Å². The van der Waals surface area contributed by atoms with Crippen LogP contribution in [0.5, 0.6) is 0 Å². The molecular weight excluding hydrogens is 222 g/mol. The highest BCUT2D eigenvalue weighted by Gasteiger charge is 2.24. The molecule has 1 N–H and O–H groups in total. The second-order valence-corrected chi connectivity index (χ2v) is 3.68. The maximum absolute atomic E-state index is 10.7. The molecule has 2 rings (SSSR count). The molecule has 0 bridgehead atoms. The molecule has 0 spiro atoms. The minimum Gasteiger partial charge on any atom is -0.476 e. The van der Waals surface area contributed by atoms with Crippen LogP contribution >= 0.6 is 11.6 Å². The molecule has 0 radical (unpaired) electrons. The van der Waals surface area contributed by atoms with Gasteiger partial charge >= 0.3 is 5.97 Å². The summed E-state index contributed by atoms with van der Waals surface area (Å²) in [4.78, 5) is 10.7. The lowest BCUT2D eigenvalue weighted by Gasteiger charge is -2.22. The number of nitrogens with zero attached hydrogens (tertiary/aromatic N) is 3. The summed E-state index contributed by atoms with van der Waals surface area (Å²) < 4.78 is 6.66. The fraction of sp³-hybridized carbons (Fsp3) is 0.625. The maximum atomic E-state index is 10.7. The molecule has 0 aliphatic carbocycles. The second-order valence-electron chi connectivity index (χ2n) is 3.32. The molecule has 15 heavy (non-hydrogen) atoms. The van der Waals surface area contributed by atoms with Gasteiger partial charge < -0.3 is 9.84 Å². The van der Waals surface area contributed by atoms with Gasteiger partial charge in [-0.2, -0.15) is 0 Å². The van der Waals surface area contributed by atoms with Crippen LogP contribution in [0.25, 0.3) is 0 Å². The van der Waals surface area contributed by atoms with Gasteiger partial charge in [-0.1, -0.05) is 16.8 Å². The Labute approximate surface area is 90.8 Å². The maximum Gasteiger partial charge on any atom is 0.359 e. The summed E-state index contributed by atoms with van der Waals surface area (Å²) in [5, 5.41) is 16.1. The summed E-state index contributed by atoms with van der Waals surface area (Å²) in [6.07, 6.45) is 1.56. The molecule has 1 aromatic heterocycles. The van der Waals surface area contributed by atoms with E-state index in [0.29, 0.717) is 13.2 Å². The van der Waals surface area contributed by atoms with E-state index in [2.05, 4.69) is 10.3 Å². The van der Waals surface area contributed by atoms with Crippen LogP contribution in [0.3, 0.4) is 0 Å². The Morgan fingerprint density at radius 2 is 2.20 bits per heavy atom. The molecular formula is C8H10ClN3O3. The van der Waals surface area contributed by atoms with Gasteiger partial charge in [0.2, 0.25) is 5.69 Å². The normalized spacial score (nSPS) is 17.9. The molecule has 0 saturated carbocycles. The lowest BCUT2D eigenvalue weighted by atomic mass is 10.1. The predicted octanol–water partition coefficient (Wildman–Crippen LogP) is 0.981. The van der Waals surface area contributed by atoms with Crippen molar-refractivity contribution in [2.45, 2.75) is 18.9 Å². The smallest absolute Gasteiger partial charge is 0.359 e. The third-order valence-electron chi connectivity index (χ3n) is 2.38. The predicted molar refractivity (Wildman–Crippen MR) is 51.1 cm³/mol. The number of ether oxygens (including phenoxy) is 1. The van der Waals surface area contributed by atoms with E-state index < -0.39 is 5.97 Å². The molecule has 1 saturated heterocycles. The average Bonchev–Trinajstić information content (AvgIpc) is 2.61. The van der Waals surface area contributed by atoms with Gasteiger partial charge in [-0.3, -0.25) is 0 Å². The average molecular weight is 232 g/mol. The van der Waals surface area contributed by atoms with E-state index in [-0.39, 0.29) is 16.9 Å². The van der Waals surface area contributed by atoms with E-state index in [4.69, 9.17) is 21.4 Å². The number of rotatable bonds is 2. The summed E-state index contributed by atoms with van der Waals surface area (Å²) in [7, 11) is 0. The highest BCUT2D eigenvalue weighted by molar-refractivity contribution is 6.32. The Kier molecular flexibility index (Phi) is 2.88. The van der Waals surface area contributed by atoms with Crippen molar-refractivity contribution in [1.29, 1.82) is 0 Å². The zero-order valence-corrected chi connectivity index (χ0v) is 8.65. The quantitative estimate of drug-likeness (QED) is 0.821. The number of carbonyl (C=O) groups is 1. The van der Waals surface area contributed by atoms with Crippen LogP contribution in [0.1, 0.15) is 29.4 Å². The number of halogens is 1. The lowest BCUT2D eigenvalue weighted by molar-refractivity contribution is 0.0657. The topological polar surface area (TPSA) is 77.2 Å². The first-order valence-electron chi connectivity index (χ1n) is 4.62. The Morgan fingerprint density at radius 3 is 2.73 bits per heavy atom. The third-order valence-corrected chi connectivity index (χ3v) is 2.73. The van der Waals surface area contributed by atoms with Crippen LogP contribution in [0.4, 0.5) is 0 Å². The van der Waals surface area contributed by atoms with Gasteiger partial charge in [0.15, 0.2) is 5.15 Å². The van der Waals surface area contributed by atoms with Gasteiger partial charge in [0.1, 0.15) is 0 Å². The highest BCUT2D eigenvalue weighted by atomic mass is 35.5. The fourth-order valence-electron chi connectivity index (χ4n) is 1.58. The van der Waals surface area contributed by atoms with E-state index in [1.54, 1.807) is 0 Å². The van der Waals surface area contributed by atoms with Gasteiger partial charge in [0, 0.05) is 13.2 Å². The number of carboxylic acids is 1. The summed E-state index contributed by atoms with van der Waals surface area (Å²) in [5.74, 6) is -1.15. The molecule has 6 nitrogen and oxygen atoms in total. The summed E-state index contributed by atoms with van der Waals surface area (Å²) >= 11 is 5.87. The number of hydrogen-bond donors (Lipinski definition) is 1. The standard InChI is InChI=1S/C8H10ClN3O3/c9-7-6(8(13)14)10-11-12(7)5-1-3-15-4-2-5/h5H,1-4H2,(H,13,14). The third kappa shape index (κ3) is 1.95. The Balaban J connectivity index is 2.24. The van der Waals surface area contributed by atoms with Crippen molar-refractivity contribution < 1.29 is 14.6 Å².